The molecule has 1 aliphatic carbocycles. The topological polar surface area (TPSA) is 76.7 Å². The SMILES string of the molecule is O=C(CNC(=O)c1ccc(F)cc1F)Nc1ccc2c(c1)OC1(CCCCC1)O2. The summed E-state index contributed by atoms with van der Waals surface area (Å²) in [5, 5.41) is 4.96. The number of ether oxygens (including phenoxy) is 2. The second-order valence-corrected chi connectivity index (χ2v) is 7.19. The molecule has 6 nitrogen and oxygen atoms in total. The monoisotopic (exact) mass is 402 g/mol. The summed E-state index contributed by atoms with van der Waals surface area (Å²) in [5.41, 5.74) is 0.160. The number of rotatable bonds is 4. The summed E-state index contributed by atoms with van der Waals surface area (Å²) < 4.78 is 38.6. The smallest absolute Gasteiger partial charge is 0.254 e. The Kier molecular flexibility index (Phi) is 5.08. The average molecular weight is 402 g/mol. The molecule has 1 fully saturated rings. The number of amides is 2. The molecule has 152 valence electrons. The first-order chi connectivity index (χ1) is 13.9. The Labute approximate surface area is 166 Å². The number of halogens is 2. The van der Waals surface area contributed by atoms with Crippen molar-refractivity contribution in [3.8, 4) is 11.5 Å². The maximum absolute atomic E-state index is 13.6. The second-order valence-electron chi connectivity index (χ2n) is 7.19. The van der Waals surface area contributed by atoms with Crippen LogP contribution in [0.1, 0.15) is 42.5 Å². The maximum atomic E-state index is 13.6. The highest BCUT2D eigenvalue weighted by Gasteiger charge is 2.42. The van der Waals surface area contributed by atoms with Crippen LogP contribution in [-0.2, 0) is 4.79 Å². The normalized spacial score (nSPS) is 16.5. The Morgan fingerprint density at radius 1 is 0.966 bits per heavy atom. The first-order valence-electron chi connectivity index (χ1n) is 9.49. The van der Waals surface area contributed by atoms with Crippen molar-refractivity contribution in [2.24, 2.45) is 0 Å². The number of fused-ring (bicyclic) bond motifs is 1. The van der Waals surface area contributed by atoms with E-state index in [0.29, 0.717) is 23.3 Å². The quantitative estimate of drug-likeness (QED) is 0.816. The lowest BCUT2D eigenvalue weighted by Gasteiger charge is -2.31. The van der Waals surface area contributed by atoms with Crippen LogP contribution in [0, 0.1) is 11.6 Å². The van der Waals surface area contributed by atoms with Crippen molar-refractivity contribution in [3.63, 3.8) is 0 Å². The third-order valence-corrected chi connectivity index (χ3v) is 5.02. The van der Waals surface area contributed by atoms with Crippen LogP contribution in [0.5, 0.6) is 11.5 Å². The zero-order valence-corrected chi connectivity index (χ0v) is 15.6. The number of anilines is 1. The highest BCUT2D eigenvalue weighted by molar-refractivity contribution is 5.99. The number of hydrogen-bond donors (Lipinski definition) is 2. The van der Waals surface area contributed by atoms with Gasteiger partial charge in [-0.3, -0.25) is 9.59 Å². The largest absolute Gasteiger partial charge is 0.448 e. The van der Waals surface area contributed by atoms with E-state index in [1.807, 2.05) is 0 Å². The standard InChI is InChI=1S/C21H20F2N2O4/c22-13-4-6-15(16(23)10-13)20(27)24-12-19(26)25-14-5-7-17-18(11-14)29-21(28-17)8-2-1-3-9-21/h4-7,10-11H,1-3,8-9,12H2,(H,24,27)(H,25,26). The lowest BCUT2D eigenvalue weighted by Crippen LogP contribution is -2.40. The molecule has 2 N–H and O–H groups in total. The summed E-state index contributed by atoms with van der Waals surface area (Å²) in [6, 6.07) is 7.71. The molecule has 2 aromatic carbocycles. The fourth-order valence-corrected chi connectivity index (χ4v) is 3.60. The van der Waals surface area contributed by atoms with Gasteiger partial charge in [0.25, 0.3) is 11.7 Å². The van der Waals surface area contributed by atoms with Crippen LogP contribution < -0.4 is 20.1 Å². The molecule has 0 atom stereocenters. The Bertz CT molecular complexity index is 958. The van der Waals surface area contributed by atoms with Gasteiger partial charge in [-0.1, -0.05) is 6.42 Å². The summed E-state index contributed by atoms with van der Waals surface area (Å²) in [4.78, 5) is 24.1. The first-order valence-corrected chi connectivity index (χ1v) is 9.49. The summed E-state index contributed by atoms with van der Waals surface area (Å²) in [7, 11) is 0. The van der Waals surface area contributed by atoms with Gasteiger partial charge < -0.3 is 20.1 Å². The van der Waals surface area contributed by atoms with Crippen molar-refractivity contribution in [2.75, 3.05) is 11.9 Å². The molecule has 8 heteroatoms. The summed E-state index contributed by atoms with van der Waals surface area (Å²) >= 11 is 0. The molecule has 2 aliphatic rings. The highest BCUT2D eigenvalue weighted by atomic mass is 19.1. The molecular weight excluding hydrogens is 382 g/mol. The van der Waals surface area contributed by atoms with Crippen LogP contribution in [0.15, 0.2) is 36.4 Å². The molecule has 0 saturated heterocycles. The molecule has 0 radical (unpaired) electrons. The molecule has 1 spiro atoms. The van der Waals surface area contributed by atoms with Crippen molar-refractivity contribution in [1.82, 2.24) is 5.32 Å². The van der Waals surface area contributed by atoms with E-state index < -0.39 is 29.2 Å². The van der Waals surface area contributed by atoms with Crippen molar-refractivity contribution < 1.29 is 27.8 Å². The fourth-order valence-electron chi connectivity index (χ4n) is 3.60. The Hall–Kier alpha value is -3.16. The van der Waals surface area contributed by atoms with Gasteiger partial charge in [-0.25, -0.2) is 8.78 Å². The lowest BCUT2D eigenvalue weighted by molar-refractivity contribution is -0.115. The Morgan fingerprint density at radius 2 is 1.72 bits per heavy atom. The molecular formula is C21H20F2N2O4. The number of benzene rings is 2. The van der Waals surface area contributed by atoms with E-state index in [-0.39, 0.29) is 12.1 Å². The number of carbonyl (C=O) groups excluding carboxylic acids is 2. The summed E-state index contributed by atoms with van der Waals surface area (Å²) in [6.45, 7) is -0.367. The summed E-state index contributed by atoms with van der Waals surface area (Å²) in [5.74, 6) is -2.46. The van der Waals surface area contributed by atoms with Crippen LogP contribution in [-0.4, -0.2) is 24.1 Å². The molecule has 29 heavy (non-hydrogen) atoms. The van der Waals surface area contributed by atoms with Crippen LogP contribution in [0.3, 0.4) is 0 Å². The van der Waals surface area contributed by atoms with Gasteiger partial charge in [0.2, 0.25) is 5.91 Å². The van der Waals surface area contributed by atoms with E-state index in [4.69, 9.17) is 9.47 Å². The molecule has 1 heterocycles. The van der Waals surface area contributed by atoms with Gasteiger partial charge in [0.15, 0.2) is 11.5 Å². The third kappa shape index (κ3) is 4.16. The first kappa shape index (κ1) is 19.2. The van der Waals surface area contributed by atoms with Crippen molar-refractivity contribution in [3.05, 3.63) is 53.6 Å². The van der Waals surface area contributed by atoms with E-state index in [1.54, 1.807) is 18.2 Å². The van der Waals surface area contributed by atoms with E-state index in [0.717, 1.165) is 37.8 Å². The minimum atomic E-state index is -0.990. The molecule has 0 bridgehead atoms. The molecule has 4 rings (SSSR count). The zero-order valence-electron chi connectivity index (χ0n) is 15.6. The predicted octanol–water partition coefficient (Wildman–Crippen LogP) is 3.76. The molecule has 0 aromatic heterocycles. The van der Waals surface area contributed by atoms with E-state index >= 15 is 0 Å². The zero-order chi connectivity index (χ0) is 20.4. The average Bonchev–Trinajstić information content (AvgIpc) is 3.03. The Morgan fingerprint density at radius 3 is 2.48 bits per heavy atom. The van der Waals surface area contributed by atoms with Gasteiger partial charge in [0.1, 0.15) is 11.6 Å². The molecule has 1 aliphatic heterocycles. The van der Waals surface area contributed by atoms with Crippen LogP contribution in [0.25, 0.3) is 0 Å². The lowest BCUT2D eigenvalue weighted by atomic mass is 9.94. The summed E-state index contributed by atoms with van der Waals surface area (Å²) in [6.07, 6.45) is 4.92. The van der Waals surface area contributed by atoms with Gasteiger partial charge in [0, 0.05) is 30.7 Å². The van der Waals surface area contributed by atoms with Crippen molar-refractivity contribution in [2.45, 2.75) is 37.9 Å². The predicted molar refractivity (Wildman–Crippen MR) is 101 cm³/mol. The van der Waals surface area contributed by atoms with Crippen molar-refractivity contribution in [1.29, 1.82) is 0 Å². The second kappa shape index (κ2) is 7.69. The number of carbonyl (C=O) groups is 2. The third-order valence-electron chi connectivity index (χ3n) is 5.02. The van der Waals surface area contributed by atoms with Gasteiger partial charge in [0.05, 0.1) is 12.1 Å². The van der Waals surface area contributed by atoms with Gasteiger partial charge in [-0.2, -0.15) is 0 Å². The van der Waals surface area contributed by atoms with Crippen LogP contribution in [0.4, 0.5) is 14.5 Å². The van der Waals surface area contributed by atoms with Crippen LogP contribution in [0.2, 0.25) is 0 Å². The fraction of sp³-hybridized carbons (Fsp3) is 0.333. The van der Waals surface area contributed by atoms with Crippen molar-refractivity contribution >= 4 is 17.5 Å². The van der Waals surface area contributed by atoms with Crippen LogP contribution >= 0.6 is 0 Å². The van der Waals surface area contributed by atoms with E-state index in [9.17, 15) is 18.4 Å². The highest BCUT2D eigenvalue weighted by Crippen LogP contribution is 2.46. The van der Waals surface area contributed by atoms with E-state index in [2.05, 4.69) is 10.6 Å². The Balaban J connectivity index is 1.34. The molecule has 2 amide bonds. The van der Waals surface area contributed by atoms with Gasteiger partial charge >= 0.3 is 0 Å². The minimum absolute atomic E-state index is 0.333. The molecule has 1 saturated carbocycles. The van der Waals surface area contributed by atoms with E-state index in [1.165, 1.54) is 6.42 Å². The van der Waals surface area contributed by atoms with Gasteiger partial charge in [-0.05, 0) is 37.1 Å². The number of nitrogens with one attached hydrogen (secondary N) is 2. The molecule has 2 aromatic rings. The minimum Gasteiger partial charge on any atom is -0.448 e. The maximum Gasteiger partial charge on any atom is 0.254 e. The molecule has 0 unspecified atom stereocenters. The van der Waals surface area contributed by atoms with Gasteiger partial charge in [-0.15, -0.1) is 0 Å². The number of hydrogen-bond acceptors (Lipinski definition) is 4.